The zero-order valence-corrected chi connectivity index (χ0v) is 16.4. The maximum atomic E-state index is 13.2. The van der Waals surface area contributed by atoms with Crippen molar-refractivity contribution >= 4 is 27.2 Å². The lowest BCUT2D eigenvalue weighted by Gasteiger charge is -2.10. The number of H-pyrrole nitrogens is 1. The molecule has 2 aromatic carbocycles. The van der Waals surface area contributed by atoms with Gasteiger partial charge in [-0.05, 0) is 41.3 Å². The van der Waals surface area contributed by atoms with Gasteiger partial charge in [0.1, 0.15) is 16.5 Å². The molecule has 0 aliphatic rings. The Morgan fingerprint density at radius 3 is 2.71 bits per heavy atom. The molecule has 28 heavy (non-hydrogen) atoms. The van der Waals surface area contributed by atoms with Crippen LogP contribution in [-0.4, -0.2) is 9.97 Å². The van der Waals surface area contributed by atoms with Crippen molar-refractivity contribution in [1.29, 1.82) is 0 Å². The molecule has 0 aliphatic heterocycles. The lowest BCUT2D eigenvalue weighted by Crippen LogP contribution is -2.14. The van der Waals surface area contributed by atoms with Gasteiger partial charge in [-0.3, -0.25) is 4.79 Å². The fourth-order valence-electron chi connectivity index (χ4n) is 3.11. The third kappa shape index (κ3) is 3.68. The van der Waals surface area contributed by atoms with Crippen molar-refractivity contribution in [2.24, 2.45) is 0 Å². The molecule has 0 saturated heterocycles. The van der Waals surface area contributed by atoms with Crippen molar-refractivity contribution < 1.29 is 4.39 Å². The van der Waals surface area contributed by atoms with E-state index < -0.39 is 0 Å². The summed E-state index contributed by atoms with van der Waals surface area (Å²) in [6, 6.07) is 14.4. The largest absolute Gasteiger partial charge is 0.378 e. The van der Waals surface area contributed by atoms with E-state index in [1.807, 2.05) is 17.5 Å². The van der Waals surface area contributed by atoms with Crippen LogP contribution >= 0.6 is 11.3 Å². The summed E-state index contributed by atoms with van der Waals surface area (Å²) in [5.41, 5.74) is 3.64. The molecule has 0 fully saturated rings. The minimum Gasteiger partial charge on any atom is -0.378 e. The molecule has 6 heteroatoms. The van der Waals surface area contributed by atoms with Crippen molar-refractivity contribution in [3.63, 3.8) is 0 Å². The standard InChI is InChI=1S/C22H20FN3OS/c1-13(2)15-4-3-5-17(10-15)24-11-19-25-21(27)20-18(12-28-22(20)26-19)14-6-8-16(23)9-7-14/h3-10,12-13,24H,11H2,1-2H3,(H,25,26,27). The number of aromatic nitrogens is 2. The first-order chi connectivity index (χ1) is 13.5. The Balaban J connectivity index is 1.61. The predicted octanol–water partition coefficient (Wildman–Crippen LogP) is 5.53. The van der Waals surface area contributed by atoms with Crippen molar-refractivity contribution in [2.75, 3.05) is 5.32 Å². The van der Waals surface area contributed by atoms with Crippen molar-refractivity contribution in [1.82, 2.24) is 9.97 Å². The molecule has 2 heterocycles. The van der Waals surface area contributed by atoms with Crippen LogP contribution in [0.4, 0.5) is 10.1 Å². The summed E-state index contributed by atoms with van der Waals surface area (Å²) in [5.74, 6) is 0.734. The lowest BCUT2D eigenvalue weighted by molar-refractivity contribution is 0.628. The van der Waals surface area contributed by atoms with Crippen LogP contribution in [0.2, 0.25) is 0 Å². The van der Waals surface area contributed by atoms with E-state index >= 15 is 0 Å². The average molecular weight is 393 g/mol. The molecule has 4 rings (SSSR count). The number of halogens is 1. The molecule has 0 atom stereocenters. The number of nitrogens with zero attached hydrogens (tertiary/aromatic N) is 1. The first-order valence-corrected chi connectivity index (χ1v) is 9.99. The highest BCUT2D eigenvalue weighted by atomic mass is 32.1. The second kappa shape index (κ2) is 7.56. The highest BCUT2D eigenvalue weighted by Crippen LogP contribution is 2.30. The van der Waals surface area contributed by atoms with E-state index in [0.29, 0.717) is 28.5 Å². The minimum atomic E-state index is -0.301. The van der Waals surface area contributed by atoms with Crippen LogP contribution in [0.1, 0.15) is 31.2 Å². The number of anilines is 1. The zero-order valence-electron chi connectivity index (χ0n) is 15.6. The molecule has 2 aromatic heterocycles. The topological polar surface area (TPSA) is 57.8 Å². The van der Waals surface area contributed by atoms with E-state index in [9.17, 15) is 9.18 Å². The molecular weight excluding hydrogens is 373 g/mol. The zero-order chi connectivity index (χ0) is 19.7. The van der Waals surface area contributed by atoms with Crippen LogP contribution in [0.3, 0.4) is 0 Å². The van der Waals surface area contributed by atoms with Gasteiger partial charge in [0, 0.05) is 16.6 Å². The van der Waals surface area contributed by atoms with Crippen LogP contribution in [0.5, 0.6) is 0 Å². The molecule has 0 spiro atoms. The summed E-state index contributed by atoms with van der Waals surface area (Å²) >= 11 is 1.42. The average Bonchev–Trinajstić information content (AvgIpc) is 3.12. The van der Waals surface area contributed by atoms with E-state index in [4.69, 9.17) is 0 Å². The second-order valence-corrected chi connectivity index (χ2v) is 7.84. The van der Waals surface area contributed by atoms with Crippen LogP contribution in [0.15, 0.2) is 58.7 Å². The molecule has 0 aliphatic carbocycles. The van der Waals surface area contributed by atoms with Gasteiger partial charge in [-0.1, -0.05) is 38.1 Å². The molecule has 0 bridgehead atoms. The number of thiophene rings is 1. The van der Waals surface area contributed by atoms with Crippen LogP contribution < -0.4 is 10.9 Å². The third-order valence-electron chi connectivity index (χ3n) is 4.66. The van der Waals surface area contributed by atoms with Crippen LogP contribution in [0, 0.1) is 5.82 Å². The van der Waals surface area contributed by atoms with Crippen molar-refractivity contribution in [2.45, 2.75) is 26.3 Å². The maximum Gasteiger partial charge on any atom is 0.260 e. The lowest BCUT2D eigenvalue weighted by atomic mass is 10.0. The van der Waals surface area contributed by atoms with Gasteiger partial charge < -0.3 is 10.3 Å². The molecule has 4 nitrogen and oxygen atoms in total. The fraction of sp³-hybridized carbons (Fsp3) is 0.182. The Labute approximate surface area is 166 Å². The minimum absolute atomic E-state index is 0.182. The van der Waals surface area contributed by atoms with E-state index in [0.717, 1.165) is 16.8 Å². The number of benzene rings is 2. The van der Waals surface area contributed by atoms with Crippen LogP contribution in [0.25, 0.3) is 21.3 Å². The van der Waals surface area contributed by atoms with Crippen molar-refractivity contribution in [3.05, 3.63) is 81.5 Å². The van der Waals surface area contributed by atoms with E-state index in [1.165, 1.54) is 29.0 Å². The number of hydrogen-bond acceptors (Lipinski definition) is 4. The summed E-state index contributed by atoms with van der Waals surface area (Å²) < 4.78 is 13.2. The first kappa shape index (κ1) is 18.4. The number of aromatic amines is 1. The van der Waals surface area contributed by atoms with Crippen molar-refractivity contribution in [3.8, 4) is 11.1 Å². The van der Waals surface area contributed by atoms with E-state index in [-0.39, 0.29) is 11.4 Å². The Morgan fingerprint density at radius 2 is 1.96 bits per heavy atom. The second-order valence-electron chi connectivity index (χ2n) is 6.98. The number of hydrogen-bond donors (Lipinski definition) is 2. The highest BCUT2D eigenvalue weighted by Gasteiger charge is 2.13. The number of nitrogens with one attached hydrogen (secondary N) is 2. The van der Waals surface area contributed by atoms with Crippen LogP contribution in [-0.2, 0) is 6.54 Å². The quantitative estimate of drug-likeness (QED) is 0.469. The Hall–Kier alpha value is -2.99. The molecule has 2 N–H and O–H groups in total. The molecular formula is C22H20FN3OS. The van der Waals surface area contributed by atoms with Gasteiger partial charge in [0.15, 0.2) is 0 Å². The maximum absolute atomic E-state index is 13.2. The van der Waals surface area contributed by atoms with Gasteiger partial charge >= 0.3 is 0 Å². The monoisotopic (exact) mass is 393 g/mol. The van der Waals surface area contributed by atoms with Gasteiger partial charge in [-0.25, -0.2) is 9.37 Å². The molecule has 0 saturated carbocycles. The summed E-state index contributed by atoms with van der Waals surface area (Å²) in [6.45, 7) is 4.74. The van der Waals surface area contributed by atoms with E-state index in [1.54, 1.807) is 12.1 Å². The Kier molecular flexibility index (Phi) is 4.96. The molecule has 4 aromatic rings. The van der Waals surface area contributed by atoms with Gasteiger partial charge in [0.25, 0.3) is 5.56 Å². The fourth-order valence-corrected chi connectivity index (χ4v) is 4.08. The number of fused-ring (bicyclic) bond motifs is 1. The summed E-state index contributed by atoms with van der Waals surface area (Å²) in [5, 5.41) is 5.76. The van der Waals surface area contributed by atoms with Gasteiger partial charge in [-0.2, -0.15) is 0 Å². The summed E-state index contributed by atoms with van der Waals surface area (Å²) in [7, 11) is 0. The third-order valence-corrected chi connectivity index (χ3v) is 5.53. The number of rotatable bonds is 5. The van der Waals surface area contributed by atoms with Gasteiger partial charge in [0.05, 0.1) is 11.9 Å². The molecule has 0 amide bonds. The smallest absolute Gasteiger partial charge is 0.260 e. The van der Waals surface area contributed by atoms with Gasteiger partial charge in [-0.15, -0.1) is 11.3 Å². The normalized spacial score (nSPS) is 11.3. The first-order valence-electron chi connectivity index (χ1n) is 9.11. The summed E-state index contributed by atoms with van der Waals surface area (Å²) in [6.07, 6.45) is 0. The Bertz CT molecular complexity index is 1180. The summed E-state index contributed by atoms with van der Waals surface area (Å²) in [4.78, 5) is 20.8. The molecule has 142 valence electrons. The van der Waals surface area contributed by atoms with E-state index in [2.05, 4.69) is 41.3 Å². The Morgan fingerprint density at radius 1 is 1.18 bits per heavy atom. The molecule has 0 unspecified atom stereocenters. The predicted molar refractivity (Wildman–Crippen MR) is 113 cm³/mol. The molecule has 0 radical (unpaired) electrons. The van der Waals surface area contributed by atoms with Gasteiger partial charge in [0.2, 0.25) is 0 Å². The SMILES string of the molecule is CC(C)c1cccc(NCc2nc3scc(-c4ccc(F)cc4)c3c(=O)[nH]2)c1. The highest BCUT2D eigenvalue weighted by molar-refractivity contribution is 7.17.